The van der Waals surface area contributed by atoms with Crippen LogP contribution in [0.2, 0.25) is 0 Å². The third-order valence-electron chi connectivity index (χ3n) is 5.30. The first-order valence-electron chi connectivity index (χ1n) is 8.38. The van der Waals surface area contributed by atoms with Gasteiger partial charge in [-0.1, -0.05) is 52.0 Å². The molecule has 0 heterocycles. The van der Waals surface area contributed by atoms with Gasteiger partial charge in [0.2, 0.25) is 0 Å². The summed E-state index contributed by atoms with van der Waals surface area (Å²) in [6.07, 6.45) is 3.59. The lowest BCUT2D eigenvalue weighted by Gasteiger charge is -2.41. The van der Waals surface area contributed by atoms with E-state index >= 15 is 0 Å². The smallest absolute Gasteiger partial charge is 0.0348 e. The molecule has 2 nitrogen and oxygen atoms in total. The Bertz CT molecular complexity index is 464. The van der Waals surface area contributed by atoms with E-state index in [4.69, 9.17) is 5.73 Å². The van der Waals surface area contributed by atoms with Gasteiger partial charge < -0.3 is 5.73 Å². The summed E-state index contributed by atoms with van der Waals surface area (Å²) in [6, 6.07) is 9.85. The quantitative estimate of drug-likeness (QED) is 0.883. The molecule has 0 radical (unpaired) electrons. The van der Waals surface area contributed by atoms with Crippen molar-refractivity contribution in [2.24, 2.45) is 11.7 Å². The second-order valence-electron chi connectivity index (χ2n) is 7.70. The third-order valence-corrected chi connectivity index (χ3v) is 5.30. The molecule has 0 fully saturated rings. The van der Waals surface area contributed by atoms with Crippen molar-refractivity contribution in [1.82, 2.24) is 4.90 Å². The molecule has 0 saturated heterocycles. The van der Waals surface area contributed by atoms with Crippen LogP contribution >= 0.6 is 0 Å². The monoisotopic (exact) mass is 288 g/mol. The molecule has 21 heavy (non-hydrogen) atoms. The minimum Gasteiger partial charge on any atom is -0.327 e. The highest BCUT2D eigenvalue weighted by atomic mass is 15.1. The van der Waals surface area contributed by atoms with Crippen molar-refractivity contribution in [3.05, 3.63) is 35.4 Å². The lowest BCUT2D eigenvalue weighted by atomic mass is 9.70. The number of nitrogens with zero attached hydrogens (tertiary/aromatic N) is 1. The van der Waals surface area contributed by atoms with Crippen LogP contribution in [0.25, 0.3) is 0 Å². The average Bonchev–Trinajstić information content (AvgIpc) is 2.44. The first-order valence-corrected chi connectivity index (χ1v) is 8.38. The van der Waals surface area contributed by atoms with Crippen LogP contribution < -0.4 is 5.73 Å². The molecule has 0 spiro atoms. The van der Waals surface area contributed by atoms with Crippen molar-refractivity contribution in [3.8, 4) is 0 Å². The van der Waals surface area contributed by atoms with Gasteiger partial charge in [-0.25, -0.2) is 0 Å². The summed E-state index contributed by atoms with van der Waals surface area (Å²) < 4.78 is 0. The van der Waals surface area contributed by atoms with Gasteiger partial charge in [-0.2, -0.15) is 0 Å². The molecule has 118 valence electrons. The zero-order valence-electron chi connectivity index (χ0n) is 14.4. The fourth-order valence-electron chi connectivity index (χ4n) is 3.49. The van der Waals surface area contributed by atoms with Gasteiger partial charge in [0.05, 0.1) is 0 Å². The van der Waals surface area contributed by atoms with Crippen molar-refractivity contribution in [2.75, 3.05) is 13.6 Å². The first kappa shape index (κ1) is 16.5. The standard InChI is InChI=1S/C19H32N2/c1-14(2)17(20)11-13-21(5)18-10-12-19(3,4)16-9-7-6-8-15(16)18/h6-9,14,17-18H,10-13,20H2,1-5H3. The summed E-state index contributed by atoms with van der Waals surface area (Å²) in [7, 11) is 2.26. The highest BCUT2D eigenvalue weighted by Crippen LogP contribution is 2.43. The van der Waals surface area contributed by atoms with Gasteiger partial charge >= 0.3 is 0 Å². The summed E-state index contributed by atoms with van der Waals surface area (Å²) >= 11 is 0. The number of hydrogen-bond donors (Lipinski definition) is 1. The van der Waals surface area contributed by atoms with Crippen molar-refractivity contribution in [3.63, 3.8) is 0 Å². The number of nitrogens with two attached hydrogens (primary N) is 1. The second kappa shape index (κ2) is 6.50. The Hall–Kier alpha value is -0.860. The van der Waals surface area contributed by atoms with Gasteiger partial charge in [-0.3, -0.25) is 4.90 Å². The Morgan fingerprint density at radius 3 is 2.62 bits per heavy atom. The van der Waals surface area contributed by atoms with Crippen LogP contribution in [0.3, 0.4) is 0 Å². The maximum atomic E-state index is 6.21. The van der Waals surface area contributed by atoms with E-state index in [1.165, 1.54) is 24.0 Å². The van der Waals surface area contributed by atoms with Crippen LogP contribution in [0.5, 0.6) is 0 Å². The lowest BCUT2D eigenvalue weighted by molar-refractivity contribution is 0.191. The van der Waals surface area contributed by atoms with Gasteiger partial charge in [0.1, 0.15) is 0 Å². The summed E-state index contributed by atoms with van der Waals surface area (Å²) in [5, 5.41) is 0. The van der Waals surface area contributed by atoms with Crippen LogP contribution in [0.15, 0.2) is 24.3 Å². The van der Waals surface area contributed by atoms with Crippen molar-refractivity contribution in [1.29, 1.82) is 0 Å². The van der Waals surface area contributed by atoms with Crippen LogP contribution in [-0.2, 0) is 5.41 Å². The van der Waals surface area contributed by atoms with Crippen LogP contribution in [-0.4, -0.2) is 24.5 Å². The highest BCUT2D eigenvalue weighted by molar-refractivity contribution is 5.38. The summed E-state index contributed by atoms with van der Waals surface area (Å²) in [5.74, 6) is 0.566. The van der Waals surface area contributed by atoms with Gasteiger partial charge in [0, 0.05) is 12.1 Å². The van der Waals surface area contributed by atoms with Crippen LogP contribution in [0.4, 0.5) is 0 Å². The van der Waals surface area contributed by atoms with E-state index in [9.17, 15) is 0 Å². The topological polar surface area (TPSA) is 29.3 Å². The first-order chi connectivity index (χ1) is 9.83. The summed E-state index contributed by atoms with van der Waals surface area (Å²) in [6.45, 7) is 10.2. The minimum absolute atomic E-state index is 0.308. The highest BCUT2D eigenvalue weighted by Gasteiger charge is 2.33. The molecule has 1 aromatic carbocycles. The van der Waals surface area contributed by atoms with Crippen molar-refractivity contribution >= 4 is 0 Å². The Balaban J connectivity index is 2.11. The van der Waals surface area contributed by atoms with Crippen molar-refractivity contribution < 1.29 is 0 Å². The molecule has 1 aliphatic rings. The molecule has 0 saturated carbocycles. The third kappa shape index (κ3) is 3.67. The normalized spacial score (nSPS) is 22.4. The number of rotatable bonds is 5. The predicted octanol–water partition coefficient (Wildman–Crippen LogP) is 4.10. The van der Waals surface area contributed by atoms with E-state index in [1.807, 2.05) is 0 Å². The zero-order valence-corrected chi connectivity index (χ0v) is 14.4. The summed E-state index contributed by atoms with van der Waals surface area (Å²) in [4.78, 5) is 2.51. The molecule has 1 aromatic rings. The summed E-state index contributed by atoms with van der Waals surface area (Å²) in [5.41, 5.74) is 9.56. The molecule has 2 rings (SSSR count). The molecule has 2 N–H and O–H groups in total. The van der Waals surface area contributed by atoms with E-state index in [0.29, 0.717) is 23.4 Å². The molecular weight excluding hydrogens is 256 g/mol. The molecule has 0 aliphatic heterocycles. The molecule has 0 amide bonds. The Morgan fingerprint density at radius 1 is 1.29 bits per heavy atom. The minimum atomic E-state index is 0.308. The molecular formula is C19H32N2. The van der Waals surface area contributed by atoms with Gasteiger partial charge in [0.15, 0.2) is 0 Å². The van der Waals surface area contributed by atoms with E-state index in [2.05, 4.69) is 63.9 Å². The Kier molecular flexibility index (Phi) is 5.11. The number of hydrogen-bond acceptors (Lipinski definition) is 2. The maximum absolute atomic E-state index is 6.21. The molecule has 1 aliphatic carbocycles. The van der Waals surface area contributed by atoms with E-state index in [1.54, 1.807) is 0 Å². The molecule has 2 unspecified atom stereocenters. The van der Waals surface area contributed by atoms with Gasteiger partial charge in [-0.05, 0) is 55.3 Å². The van der Waals surface area contributed by atoms with E-state index in [-0.39, 0.29) is 0 Å². The molecule has 2 heteroatoms. The van der Waals surface area contributed by atoms with E-state index < -0.39 is 0 Å². The molecule has 0 aromatic heterocycles. The van der Waals surface area contributed by atoms with Gasteiger partial charge in [-0.15, -0.1) is 0 Å². The average molecular weight is 288 g/mol. The van der Waals surface area contributed by atoms with Crippen LogP contribution in [0.1, 0.15) is 64.1 Å². The van der Waals surface area contributed by atoms with Crippen LogP contribution in [0, 0.1) is 5.92 Å². The zero-order chi connectivity index (χ0) is 15.6. The fraction of sp³-hybridized carbons (Fsp3) is 0.684. The van der Waals surface area contributed by atoms with Crippen molar-refractivity contribution in [2.45, 2.75) is 64.5 Å². The lowest BCUT2D eigenvalue weighted by Crippen LogP contribution is -2.37. The maximum Gasteiger partial charge on any atom is 0.0348 e. The number of fused-ring (bicyclic) bond motifs is 1. The van der Waals surface area contributed by atoms with E-state index in [0.717, 1.165) is 13.0 Å². The second-order valence-corrected chi connectivity index (χ2v) is 7.70. The Labute approximate surface area is 130 Å². The fourth-order valence-corrected chi connectivity index (χ4v) is 3.49. The largest absolute Gasteiger partial charge is 0.327 e. The molecule has 2 atom stereocenters. The predicted molar refractivity (Wildman–Crippen MR) is 91.5 cm³/mol. The number of benzene rings is 1. The van der Waals surface area contributed by atoms with Gasteiger partial charge in [0.25, 0.3) is 0 Å². The molecule has 0 bridgehead atoms. The Morgan fingerprint density at radius 2 is 1.95 bits per heavy atom. The SMILES string of the molecule is CC(C)C(N)CCN(C)C1CCC(C)(C)c2ccccc21.